The molecule has 104 valence electrons. The van der Waals surface area contributed by atoms with Crippen LogP contribution < -0.4 is 10.2 Å². The zero-order valence-electron chi connectivity index (χ0n) is 11.1. The number of hydrogen-bond donors (Lipinski definition) is 1. The quantitative estimate of drug-likeness (QED) is 0.854. The molecule has 1 aromatic rings. The fourth-order valence-electron chi connectivity index (χ4n) is 2.03. The van der Waals surface area contributed by atoms with E-state index in [-0.39, 0.29) is 18.0 Å². The van der Waals surface area contributed by atoms with Crippen molar-refractivity contribution >= 4 is 23.3 Å². The van der Waals surface area contributed by atoms with E-state index in [1.165, 1.54) is 0 Å². The van der Waals surface area contributed by atoms with Crippen LogP contribution >= 0.6 is 11.6 Å². The number of nitrogens with zero attached hydrogens (tertiary/aromatic N) is 2. The van der Waals surface area contributed by atoms with Gasteiger partial charge in [-0.15, -0.1) is 0 Å². The Bertz CT molecular complexity index is 453. The lowest BCUT2D eigenvalue weighted by Gasteiger charge is -2.35. The number of carbonyl (C=O) groups is 1. The van der Waals surface area contributed by atoms with E-state index in [9.17, 15) is 4.79 Å². The van der Waals surface area contributed by atoms with Crippen molar-refractivity contribution in [3.63, 3.8) is 0 Å². The summed E-state index contributed by atoms with van der Waals surface area (Å²) in [7, 11) is 0. The molecule has 1 fully saturated rings. The SMILES string of the molecule is CC(C)NC(=O)C1COCCN1c1cccc(Cl)n1. The Labute approximate surface area is 117 Å². The normalized spacial score (nSPS) is 19.6. The maximum Gasteiger partial charge on any atom is 0.245 e. The Morgan fingerprint density at radius 2 is 2.37 bits per heavy atom. The summed E-state index contributed by atoms with van der Waals surface area (Å²) in [4.78, 5) is 18.4. The number of rotatable bonds is 3. The van der Waals surface area contributed by atoms with Crippen molar-refractivity contribution in [3.8, 4) is 0 Å². The van der Waals surface area contributed by atoms with Gasteiger partial charge in [0.2, 0.25) is 5.91 Å². The average Bonchev–Trinajstić information content (AvgIpc) is 2.38. The highest BCUT2D eigenvalue weighted by atomic mass is 35.5. The van der Waals surface area contributed by atoms with E-state index >= 15 is 0 Å². The summed E-state index contributed by atoms with van der Waals surface area (Å²) in [5.74, 6) is 0.663. The van der Waals surface area contributed by atoms with Gasteiger partial charge in [-0.3, -0.25) is 4.79 Å². The minimum Gasteiger partial charge on any atom is -0.377 e. The van der Waals surface area contributed by atoms with Crippen molar-refractivity contribution in [1.82, 2.24) is 10.3 Å². The van der Waals surface area contributed by atoms with E-state index in [2.05, 4.69) is 10.3 Å². The molecule has 0 radical (unpaired) electrons. The molecule has 2 heterocycles. The molecular formula is C13H18ClN3O2. The molecule has 1 atom stereocenters. The second-order valence-electron chi connectivity index (χ2n) is 4.77. The summed E-state index contributed by atoms with van der Waals surface area (Å²) >= 11 is 5.91. The van der Waals surface area contributed by atoms with Crippen LogP contribution in [-0.4, -0.2) is 42.7 Å². The first-order valence-corrected chi connectivity index (χ1v) is 6.73. The molecule has 1 amide bonds. The van der Waals surface area contributed by atoms with Gasteiger partial charge in [0.25, 0.3) is 0 Å². The number of ether oxygens (including phenoxy) is 1. The second-order valence-corrected chi connectivity index (χ2v) is 5.15. The van der Waals surface area contributed by atoms with E-state index in [1.807, 2.05) is 30.9 Å². The first-order chi connectivity index (χ1) is 9.08. The Kier molecular flexibility index (Phi) is 4.61. The third-order valence-electron chi connectivity index (χ3n) is 2.86. The standard InChI is InChI=1S/C13H18ClN3O2/c1-9(2)15-13(18)10-8-19-7-6-17(10)12-5-3-4-11(14)16-12/h3-5,9-10H,6-8H2,1-2H3,(H,15,18). The lowest BCUT2D eigenvalue weighted by molar-refractivity contribution is -0.125. The van der Waals surface area contributed by atoms with Gasteiger partial charge in [0.05, 0.1) is 13.2 Å². The summed E-state index contributed by atoms with van der Waals surface area (Å²) in [6.45, 7) is 5.45. The van der Waals surface area contributed by atoms with Crippen molar-refractivity contribution in [2.24, 2.45) is 0 Å². The van der Waals surface area contributed by atoms with Gasteiger partial charge in [0.15, 0.2) is 0 Å². The van der Waals surface area contributed by atoms with Gasteiger partial charge < -0.3 is 15.0 Å². The smallest absolute Gasteiger partial charge is 0.245 e. The third-order valence-corrected chi connectivity index (χ3v) is 3.07. The lowest BCUT2D eigenvalue weighted by atomic mass is 10.2. The van der Waals surface area contributed by atoms with Crippen molar-refractivity contribution in [3.05, 3.63) is 23.4 Å². The minimum atomic E-state index is -0.359. The van der Waals surface area contributed by atoms with E-state index < -0.39 is 0 Å². The van der Waals surface area contributed by atoms with E-state index in [1.54, 1.807) is 6.07 Å². The van der Waals surface area contributed by atoms with E-state index in [0.29, 0.717) is 30.7 Å². The molecule has 0 aromatic carbocycles. The molecule has 0 saturated carbocycles. The van der Waals surface area contributed by atoms with E-state index in [0.717, 1.165) is 0 Å². The zero-order chi connectivity index (χ0) is 13.8. The molecule has 1 saturated heterocycles. The molecule has 6 heteroatoms. The predicted octanol–water partition coefficient (Wildman–Crippen LogP) is 1.46. The van der Waals surface area contributed by atoms with Crippen LogP contribution in [0, 0.1) is 0 Å². The molecule has 0 spiro atoms. The molecule has 2 rings (SSSR count). The van der Waals surface area contributed by atoms with Crippen molar-refractivity contribution < 1.29 is 9.53 Å². The third kappa shape index (κ3) is 3.58. The predicted molar refractivity (Wildman–Crippen MR) is 74.5 cm³/mol. The monoisotopic (exact) mass is 283 g/mol. The molecule has 0 aliphatic carbocycles. The first kappa shape index (κ1) is 14.1. The van der Waals surface area contributed by atoms with Gasteiger partial charge in [0.1, 0.15) is 17.0 Å². The zero-order valence-corrected chi connectivity index (χ0v) is 11.9. The Morgan fingerprint density at radius 3 is 3.05 bits per heavy atom. The van der Waals surface area contributed by atoms with Crippen LogP contribution in [0.15, 0.2) is 18.2 Å². The maximum absolute atomic E-state index is 12.2. The van der Waals surface area contributed by atoms with Crippen LogP contribution in [0.25, 0.3) is 0 Å². The highest BCUT2D eigenvalue weighted by Crippen LogP contribution is 2.19. The van der Waals surface area contributed by atoms with E-state index in [4.69, 9.17) is 16.3 Å². The summed E-state index contributed by atoms with van der Waals surface area (Å²) < 4.78 is 5.40. The molecule has 19 heavy (non-hydrogen) atoms. The Morgan fingerprint density at radius 1 is 1.58 bits per heavy atom. The Balaban J connectivity index is 2.18. The summed E-state index contributed by atoms with van der Waals surface area (Å²) in [5.41, 5.74) is 0. The van der Waals surface area contributed by atoms with Crippen molar-refractivity contribution in [2.75, 3.05) is 24.7 Å². The number of halogens is 1. The number of aromatic nitrogens is 1. The summed E-state index contributed by atoms with van der Waals surface area (Å²) in [6, 6.07) is 5.14. The number of hydrogen-bond acceptors (Lipinski definition) is 4. The second kappa shape index (κ2) is 6.21. The fraction of sp³-hybridized carbons (Fsp3) is 0.538. The topological polar surface area (TPSA) is 54.5 Å². The molecule has 5 nitrogen and oxygen atoms in total. The molecule has 0 bridgehead atoms. The van der Waals surface area contributed by atoms with Gasteiger partial charge in [-0.05, 0) is 26.0 Å². The van der Waals surface area contributed by atoms with Crippen molar-refractivity contribution in [2.45, 2.75) is 25.9 Å². The molecule has 1 N–H and O–H groups in total. The number of carbonyl (C=O) groups excluding carboxylic acids is 1. The number of nitrogens with one attached hydrogen (secondary N) is 1. The van der Waals surface area contributed by atoms with Crippen LogP contribution in [0.1, 0.15) is 13.8 Å². The van der Waals surface area contributed by atoms with Crippen LogP contribution in [0.4, 0.5) is 5.82 Å². The van der Waals surface area contributed by atoms with Crippen LogP contribution in [-0.2, 0) is 9.53 Å². The first-order valence-electron chi connectivity index (χ1n) is 6.35. The van der Waals surface area contributed by atoms with Crippen LogP contribution in [0.3, 0.4) is 0 Å². The number of amides is 1. The van der Waals surface area contributed by atoms with Gasteiger partial charge in [-0.25, -0.2) is 4.98 Å². The lowest BCUT2D eigenvalue weighted by Crippen LogP contribution is -2.55. The van der Waals surface area contributed by atoms with Gasteiger partial charge >= 0.3 is 0 Å². The number of morpholine rings is 1. The maximum atomic E-state index is 12.2. The molecule has 1 unspecified atom stereocenters. The van der Waals surface area contributed by atoms with Crippen LogP contribution in [0.5, 0.6) is 0 Å². The summed E-state index contributed by atoms with van der Waals surface area (Å²) in [6.07, 6.45) is 0. The highest BCUT2D eigenvalue weighted by Gasteiger charge is 2.30. The summed E-state index contributed by atoms with van der Waals surface area (Å²) in [5, 5.41) is 3.33. The van der Waals surface area contributed by atoms with Gasteiger partial charge in [-0.2, -0.15) is 0 Å². The highest BCUT2D eigenvalue weighted by molar-refractivity contribution is 6.29. The number of pyridine rings is 1. The molecule has 1 aliphatic rings. The Hall–Kier alpha value is -1.33. The van der Waals surface area contributed by atoms with Crippen LogP contribution in [0.2, 0.25) is 5.15 Å². The number of anilines is 1. The van der Waals surface area contributed by atoms with Gasteiger partial charge in [-0.1, -0.05) is 17.7 Å². The van der Waals surface area contributed by atoms with Crippen molar-refractivity contribution in [1.29, 1.82) is 0 Å². The molecule has 1 aromatic heterocycles. The van der Waals surface area contributed by atoms with Gasteiger partial charge in [0, 0.05) is 12.6 Å². The molecule has 1 aliphatic heterocycles. The fourth-order valence-corrected chi connectivity index (χ4v) is 2.19. The molecular weight excluding hydrogens is 266 g/mol. The minimum absolute atomic E-state index is 0.0449. The average molecular weight is 284 g/mol. The largest absolute Gasteiger partial charge is 0.377 e.